The van der Waals surface area contributed by atoms with Crippen molar-refractivity contribution in [1.82, 2.24) is 4.98 Å². The highest BCUT2D eigenvalue weighted by Gasteiger charge is 2.30. The lowest BCUT2D eigenvalue weighted by molar-refractivity contribution is 0.589. The first-order chi connectivity index (χ1) is 27.3. The maximum absolute atomic E-state index is 8.04. The van der Waals surface area contributed by atoms with Gasteiger partial charge in [-0.25, -0.2) is 0 Å². The van der Waals surface area contributed by atoms with Crippen molar-refractivity contribution in [2.24, 2.45) is 0 Å². The molecule has 3 nitrogen and oxygen atoms in total. The Hall–Kier alpha value is -4.86. The first kappa shape index (κ1) is 43.7. The zero-order chi connectivity index (χ0) is 43.3. The predicted octanol–water partition coefficient (Wildman–Crippen LogP) is 16.8. The van der Waals surface area contributed by atoms with Crippen LogP contribution in [-0.4, -0.2) is 4.98 Å². The molecule has 0 aliphatic rings. The van der Waals surface area contributed by atoms with E-state index < -0.39 is 0 Å². The topological polar surface area (TPSA) is 19.4 Å². The van der Waals surface area contributed by atoms with Crippen LogP contribution in [0.3, 0.4) is 0 Å². The van der Waals surface area contributed by atoms with Gasteiger partial charge in [0.15, 0.2) is 0 Å². The van der Waals surface area contributed by atoms with Gasteiger partial charge < -0.3 is 9.80 Å². The third kappa shape index (κ3) is 9.63. The van der Waals surface area contributed by atoms with E-state index in [1.807, 2.05) is 18.5 Å². The molecule has 0 saturated carbocycles. The molecular formula is C55H66ClN3. The molecular weight excluding hydrogens is 738 g/mol. The van der Waals surface area contributed by atoms with Gasteiger partial charge in [-0.1, -0.05) is 164 Å². The van der Waals surface area contributed by atoms with Gasteiger partial charge in [-0.15, -0.1) is 0 Å². The van der Waals surface area contributed by atoms with E-state index in [4.69, 9.17) is 11.6 Å². The molecule has 6 aromatic rings. The zero-order valence-electron chi connectivity index (χ0n) is 38.3. The Morgan fingerprint density at radius 3 is 1.14 bits per heavy atom. The number of anilines is 6. The average Bonchev–Trinajstić information content (AvgIpc) is 3.15. The van der Waals surface area contributed by atoms with Gasteiger partial charge in [0.05, 0.1) is 22.1 Å². The Morgan fingerprint density at radius 1 is 0.390 bits per heavy atom. The minimum absolute atomic E-state index is 0.00112. The van der Waals surface area contributed by atoms with Crippen LogP contribution in [0.2, 0.25) is 5.02 Å². The molecule has 0 amide bonds. The van der Waals surface area contributed by atoms with E-state index in [0.717, 1.165) is 45.3 Å². The van der Waals surface area contributed by atoms with E-state index in [-0.39, 0.29) is 27.1 Å². The number of benzene rings is 5. The number of pyridine rings is 1. The molecule has 0 saturated heterocycles. The summed E-state index contributed by atoms with van der Waals surface area (Å²) in [5.74, 6) is 0. The summed E-state index contributed by atoms with van der Waals surface area (Å²) in [7, 11) is 0. The van der Waals surface area contributed by atoms with Gasteiger partial charge in [-0.05, 0) is 122 Å². The van der Waals surface area contributed by atoms with Gasteiger partial charge in [0.25, 0.3) is 0 Å². The third-order valence-corrected chi connectivity index (χ3v) is 11.8. The first-order valence-corrected chi connectivity index (χ1v) is 21.5. The van der Waals surface area contributed by atoms with E-state index in [0.29, 0.717) is 5.02 Å². The van der Waals surface area contributed by atoms with E-state index in [1.165, 1.54) is 27.8 Å². The van der Waals surface area contributed by atoms with Crippen LogP contribution in [0, 0.1) is 0 Å². The highest BCUT2D eigenvalue weighted by atomic mass is 35.5. The number of aromatic nitrogens is 1. The fraction of sp³-hybridized carbons (Fsp3) is 0.364. The predicted molar refractivity (Wildman–Crippen MR) is 258 cm³/mol. The molecule has 59 heavy (non-hydrogen) atoms. The molecule has 0 aliphatic carbocycles. The SMILES string of the molecule is CC(C)(C)c1ccc(N(c2ccc(C(C)(C)C)cc2)c2cc(C(C)(C)C)cc(N(c3ccc(C(C)(C)C)cc3)c3ccc(C(C)(C)C)cc3-c3cccnc3)c2Cl)cc1. The van der Waals surface area contributed by atoms with E-state index in [1.54, 1.807) is 0 Å². The lowest BCUT2D eigenvalue weighted by Gasteiger charge is -2.35. The Kier molecular flexibility index (Phi) is 11.8. The second kappa shape index (κ2) is 16.0. The van der Waals surface area contributed by atoms with Crippen molar-refractivity contribution in [2.75, 3.05) is 9.80 Å². The van der Waals surface area contributed by atoms with E-state index in [9.17, 15) is 0 Å². The molecule has 0 N–H and O–H groups in total. The van der Waals surface area contributed by atoms with Crippen molar-refractivity contribution >= 4 is 45.7 Å². The van der Waals surface area contributed by atoms with Crippen LogP contribution in [-0.2, 0) is 27.1 Å². The fourth-order valence-corrected chi connectivity index (χ4v) is 7.75. The van der Waals surface area contributed by atoms with Gasteiger partial charge in [0, 0.05) is 40.6 Å². The summed E-state index contributed by atoms with van der Waals surface area (Å²) in [6.07, 6.45) is 3.81. The van der Waals surface area contributed by atoms with Gasteiger partial charge in [0.2, 0.25) is 0 Å². The molecule has 5 aromatic carbocycles. The highest BCUT2D eigenvalue weighted by molar-refractivity contribution is 6.37. The number of rotatable bonds is 7. The zero-order valence-corrected chi connectivity index (χ0v) is 39.1. The molecule has 4 heteroatoms. The Labute approximate surface area is 361 Å². The van der Waals surface area contributed by atoms with Crippen molar-refractivity contribution in [2.45, 2.75) is 131 Å². The highest BCUT2D eigenvalue weighted by Crippen LogP contribution is 2.51. The third-order valence-electron chi connectivity index (χ3n) is 11.4. The summed E-state index contributed by atoms with van der Waals surface area (Å²) in [6.45, 7) is 34.0. The summed E-state index contributed by atoms with van der Waals surface area (Å²) in [4.78, 5) is 9.30. The summed E-state index contributed by atoms with van der Waals surface area (Å²) in [6, 6.07) is 42.7. The normalized spacial score (nSPS) is 12.7. The molecule has 0 atom stereocenters. The largest absolute Gasteiger partial charge is 0.309 e. The lowest BCUT2D eigenvalue weighted by atomic mass is 9.84. The molecule has 0 fully saturated rings. The fourth-order valence-electron chi connectivity index (χ4n) is 7.47. The van der Waals surface area contributed by atoms with Crippen molar-refractivity contribution in [1.29, 1.82) is 0 Å². The van der Waals surface area contributed by atoms with Gasteiger partial charge in [0.1, 0.15) is 0 Å². The minimum Gasteiger partial charge on any atom is -0.309 e. The Morgan fingerprint density at radius 2 is 0.763 bits per heavy atom. The number of halogens is 1. The van der Waals surface area contributed by atoms with Crippen molar-refractivity contribution < 1.29 is 0 Å². The summed E-state index contributed by atoms with van der Waals surface area (Å²) in [5, 5.41) is 0.662. The van der Waals surface area contributed by atoms with Crippen LogP contribution >= 0.6 is 11.6 Å². The number of nitrogens with zero attached hydrogens (tertiary/aromatic N) is 3. The molecule has 1 heterocycles. The van der Waals surface area contributed by atoms with Gasteiger partial charge >= 0.3 is 0 Å². The lowest BCUT2D eigenvalue weighted by Crippen LogP contribution is -2.20. The summed E-state index contributed by atoms with van der Waals surface area (Å²) >= 11 is 8.04. The van der Waals surface area contributed by atoms with E-state index >= 15 is 0 Å². The minimum atomic E-state index is -0.198. The monoisotopic (exact) mass is 803 g/mol. The molecule has 0 bridgehead atoms. The van der Waals surface area contributed by atoms with Crippen LogP contribution in [0.4, 0.5) is 34.1 Å². The maximum atomic E-state index is 8.04. The number of hydrogen-bond acceptors (Lipinski definition) is 3. The van der Waals surface area contributed by atoms with Crippen molar-refractivity contribution in [3.05, 3.63) is 160 Å². The van der Waals surface area contributed by atoms with Crippen LogP contribution in [0.15, 0.2) is 128 Å². The van der Waals surface area contributed by atoms with Crippen LogP contribution in [0.25, 0.3) is 11.1 Å². The maximum Gasteiger partial charge on any atom is 0.0887 e. The molecule has 1 aromatic heterocycles. The molecule has 308 valence electrons. The smallest absolute Gasteiger partial charge is 0.0887 e. The van der Waals surface area contributed by atoms with Crippen molar-refractivity contribution in [3.63, 3.8) is 0 Å². The average molecular weight is 805 g/mol. The van der Waals surface area contributed by atoms with Crippen molar-refractivity contribution in [3.8, 4) is 11.1 Å². The van der Waals surface area contributed by atoms with Gasteiger partial charge in [-0.3, -0.25) is 4.98 Å². The van der Waals surface area contributed by atoms with Crippen LogP contribution in [0.5, 0.6) is 0 Å². The summed E-state index contributed by atoms with van der Waals surface area (Å²) in [5.41, 5.74) is 14.2. The van der Waals surface area contributed by atoms with Crippen LogP contribution < -0.4 is 9.80 Å². The molecule has 0 radical (unpaired) electrons. The quantitative estimate of drug-likeness (QED) is 0.160. The number of hydrogen-bond donors (Lipinski definition) is 0. The molecule has 0 spiro atoms. The molecule has 6 rings (SSSR count). The second-order valence-corrected chi connectivity index (χ2v) is 21.7. The summed E-state index contributed by atoms with van der Waals surface area (Å²) < 4.78 is 0. The Bertz CT molecular complexity index is 2320. The first-order valence-electron chi connectivity index (χ1n) is 21.1. The van der Waals surface area contributed by atoms with E-state index in [2.05, 4.69) is 228 Å². The van der Waals surface area contributed by atoms with Crippen LogP contribution in [0.1, 0.15) is 132 Å². The van der Waals surface area contributed by atoms with Gasteiger partial charge in [-0.2, -0.15) is 0 Å². The Balaban J connectivity index is 1.71. The molecule has 0 unspecified atom stereocenters. The molecule has 0 aliphatic heterocycles. The standard InChI is InChI=1S/C55H66ClN3/c1-51(2,3)38-18-25-43(26-19-38)58(44-27-20-39(21-28-44)52(4,5)6)48-34-42(55(13,14)15)35-49(50(48)56)59(45-29-22-40(23-30-45)53(7,8)9)47-31-24-41(54(10,11)12)33-46(47)37-17-16-32-57-36-37/h16-36H,1-15H3. The second-order valence-electron chi connectivity index (χ2n) is 21.4.